The molecule has 0 aromatic carbocycles. The number of carbonyl (C=O) groups excluding carboxylic acids is 1. The van der Waals surface area contributed by atoms with Crippen LogP contribution in [-0.4, -0.2) is 17.6 Å². The quantitative estimate of drug-likeness (QED) is 0.812. The highest BCUT2D eigenvalue weighted by Crippen LogP contribution is 2.24. The minimum atomic E-state index is -2.98. The molecule has 0 fully saturated rings. The van der Waals surface area contributed by atoms with Crippen molar-refractivity contribution in [3.63, 3.8) is 0 Å². The lowest BCUT2D eigenvalue weighted by molar-refractivity contribution is 0.0513. The molecule has 0 radical (unpaired) electrons. The summed E-state index contributed by atoms with van der Waals surface area (Å²) in [7, 11) is 0. The number of halogens is 2. The molecule has 1 aromatic rings. The Morgan fingerprint density at radius 2 is 2.35 bits per heavy atom. The van der Waals surface area contributed by atoms with Gasteiger partial charge in [-0.05, 0) is 13.0 Å². The normalized spacial score (nSPS) is 10.1. The summed E-state index contributed by atoms with van der Waals surface area (Å²) in [6.07, 6.45) is -2.98. The Labute approximate surface area is 95.8 Å². The van der Waals surface area contributed by atoms with Crippen LogP contribution in [0.1, 0.15) is 35.1 Å². The Morgan fingerprint density at radius 1 is 1.71 bits per heavy atom. The Morgan fingerprint density at radius 3 is 2.82 bits per heavy atom. The Hall–Kier alpha value is -2.23. The molecule has 0 atom stereocenters. The molecule has 0 aliphatic carbocycles. The van der Waals surface area contributed by atoms with E-state index < -0.39 is 23.7 Å². The van der Waals surface area contributed by atoms with Crippen LogP contribution in [-0.2, 0) is 4.74 Å². The largest absolute Gasteiger partial charge is 0.462 e. The van der Waals surface area contributed by atoms with E-state index in [2.05, 4.69) is 9.72 Å². The summed E-state index contributed by atoms with van der Waals surface area (Å²) in [6, 6.07) is 2.54. The van der Waals surface area contributed by atoms with Gasteiger partial charge >= 0.3 is 5.97 Å². The number of anilines is 1. The van der Waals surface area contributed by atoms with Gasteiger partial charge in [-0.1, -0.05) is 0 Å². The highest BCUT2D eigenvalue weighted by atomic mass is 19.3. The molecule has 0 spiro atoms. The van der Waals surface area contributed by atoms with Crippen LogP contribution in [0.3, 0.4) is 0 Å². The molecule has 0 saturated heterocycles. The number of rotatable bonds is 3. The summed E-state index contributed by atoms with van der Waals surface area (Å²) in [5.41, 5.74) is 3.70. The zero-order chi connectivity index (χ0) is 13.0. The molecule has 0 aliphatic rings. The average Bonchev–Trinajstić information content (AvgIpc) is 2.28. The molecule has 2 N–H and O–H groups in total. The molecule has 7 heteroatoms. The average molecular weight is 241 g/mol. The van der Waals surface area contributed by atoms with Crippen molar-refractivity contribution in [1.29, 1.82) is 5.26 Å². The molecule has 5 nitrogen and oxygen atoms in total. The van der Waals surface area contributed by atoms with Crippen LogP contribution in [0.25, 0.3) is 0 Å². The van der Waals surface area contributed by atoms with Crippen molar-refractivity contribution >= 4 is 11.7 Å². The van der Waals surface area contributed by atoms with E-state index in [1.807, 2.05) is 0 Å². The third kappa shape index (κ3) is 2.66. The van der Waals surface area contributed by atoms with Gasteiger partial charge in [0.1, 0.15) is 11.8 Å². The van der Waals surface area contributed by atoms with Gasteiger partial charge in [0.25, 0.3) is 6.43 Å². The molecule has 1 heterocycles. The van der Waals surface area contributed by atoms with E-state index in [0.717, 1.165) is 6.07 Å². The van der Waals surface area contributed by atoms with Crippen LogP contribution < -0.4 is 5.73 Å². The molecule has 90 valence electrons. The maximum atomic E-state index is 12.7. The molecule has 1 rings (SSSR count). The van der Waals surface area contributed by atoms with Gasteiger partial charge in [0.2, 0.25) is 0 Å². The van der Waals surface area contributed by atoms with Gasteiger partial charge in [-0.25, -0.2) is 18.6 Å². The lowest BCUT2D eigenvalue weighted by Gasteiger charge is -2.09. The van der Waals surface area contributed by atoms with Crippen molar-refractivity contribution < 1.29 is 18.3 Å². The van der Waals surface area contributed by atoms with Crippen molar-refractivity contribution in [3.05, 3.63) is 23.0 Å². The molecule has 17 heavy (non-hydrogen) atoms. The molecule has 0 bridgehead atoms. The lowest BCUT2D eigenvalue weighted by atomic mass is 10.1. The van der Waals surface area contributed by atoms with E-state index in [9.17, 15) is 13.6 Å². The third-order valence-corrected chi connectivity index (χ3v) is 1.89. The number of carbonyl (C=O) groups is 1. The Bertz CT molecular complexity index is 483. The fourth-order valence-corrected chi connectivity index (χ4v) is 1.17. The predicted octanol–water partition coefficient (Wildman–Crippen LogP) is 1.65. The number of nitrogens with two attached hydrogens (primary N) is 1. The summed E-state index contributed by atoms with van der Waals surface area (Å²) >= 11 is 0. The summed E-state index contributed by atoms with van der Waals surface area (Å²) in [5, 5.41) is 8.60. The second kappa shape index (κ2) is 5.21. The number of nitriles is 1. The zero-order valence-electron chi connectivity index (χ0n) is 8.91. The van der Waals surface area contributed by atoms with Crippen molar-refractivity contribution in [2.24, 2.45) is 0 Å². The van der Waals surface area contributed by atoms with Gasteiger partial charge in [-0.15, -0.1) is 0 Å². The third-order valence-electron chi connectivity index (χ3n) is 1.89. The SMILES string of the molecule is CCOC(=O)c1cc(N)c(C#N)nc1C(F)F. The van der Waals surface area contributed by atoms with E-state index in [1.54, 1.807) is 13.0 Å². The lowest BCUT2D eigenvalue weighted by Crippen LogP contribution is -2.12. The second-order valence-electron chi connectivity index (χ2n) is 2.99. The minimum Gasteiger partial charge on any atom is -0.462 e. The van der Waals surface area contributed by atoms with Crippen LogP contribution in [0.4, 0.5) is 14.5 Å². The molecular formula is C10H9F2N3O2. The highest BCUT2D eigenvalue weighted by Gasteiger charge is 2.23. The van der Waals surface area contributed by atoms with Gasteiger partial charge < -0.3 is 10.5 Å². The first kappa shape index (κ1) is 12.8. The zero-order valence-corrected chi connectivity index (χ0v) is 8.91. The molecule has 0 amide bonds. The Balaban J connectivity index is 3.34. The van der Waals surface area contributed by atoms with Crippen LogP contribution in [0, 0.1) is 11.3 Å². The van der Waals surface area contributed by atoms with Gasteiger partial charge in [0.05, 0.1) is 17.9 Å². The topological polar surface area (TPSA) is 89.0 Å². The van der Waals surface area contributed by atoms with Gasteiger partial charge in [0.15, 0.2) is 5.69 Å². The summed E-state index contributed by atoms with van der Waals surface area (Å²) in [4.78, 5) is 14.7. The van der Waals surface area contributed by atoms with Crippen LogP contribution >= 0.6 is 0 Å². The van der Waals surface area contributed by atoms with E-state index in [0.29, 0.717) is 0 Å². The number of esters is 1. The minimum absolute atomic E-state index is 0.0431. The van der Waals surface area contributed by atoms with Crippen molar-refractivity contribution in [3.8, 4) is 6.07 Å². The van der Waals surface area contributed by atoms with E-state index in [1.165, 1.54) is 0 Å². The standard InChI is InChI=1S/C10H9F2N3O2/c1-2-17-10(16)5-3-6(14)7(4-13)15-8(5)9(11)12/h3,9H,2,14H2,1H3. The van der Waals surface area contributed by atoms with E-state index in [-0.39, 0.29) is 18.0 Å². The number of nitrogen functional groups attached to an aromatic ring is 1. The summed E-state index contributed by atoms with van der Waals surface area (Å²) < 4.78 is 29.9. The van der Waals surface area contributed by atoms with Crippen molar-refractivity contribution in [2.75, 3.05) is 12.3 Å². The maximum absolute atomic E-state index is 12.7. The number of alkyl halides is 2. The number of aromatic nitrogens is 1. The number of nitrogens with zero attached hydrogens (tertiary/aromatic N) is 2. The second-order valence-corrected chi connectivity index (χ2v) is 2.99. The maximum Gasteiger partial charge on any atom is 0.340 e. The first-order valence-corrected chi connectivity index (χ1v) is 4.67. The van der Waals surface area contributed by atoms with Gasteiger partial charge in [0, 0.05) is 0 Å². The van der Waals surface area contributed by atoms with E-state index >= 15 is 0 Å². The number of hydrogen-bond acceptors (Lipinski definition) is 5. The molecule has 1 aromatic heterocycles. The summed E-state index contributed by atoms with van der Waals surface area (Å²) in [6.45, 7) is 1.59. The Kier molecular flexibility index (Phi) is 3.93. The highest BCUT2D eigenvalue weighted by molar-refractivity contribution is 5.92. The van der Waals surface area contributed by atoms with Crippen molar-refractivity contribution in [2.45, 2.75) is 13.3 Å². The smallest absolute Gasteiger partial charge is 0.340 e. The first-order chi connectivity index (χ1) is 8.01. The van der Waals surface area contributed by atoms with E-state index in [4.69, 9.17) is 11.0 Å². The predicted molar refractivity (Wildman–Crippen MR) is 54.3 cm³/mol. The molecule has 0 aliphatic heterocycles. The van der Waals surface area contributed by atoms with Gasteiger partial charge in [-0.2, -0.15) is 5.26 Å². The van der Waals surface area contributed by atoms with Crippen molar-refractivity contribution in [1.82, 2.24) is 4.98 Å². The number of hydrogen-bond donors (Lipinski definition) is 1. The van der Waals surface area contributed by atoms with Crippen LogP contribution in [0.2, 0.25) is 0 Å². The molecular weight excluding hydrogens is 232 g/mol. The summed E-state index contributed by atoms with van der Waals surface area (Å²) in [5.74, 6) is -0.938. The van der Waals surface area contributed by atoms with Crippen LogP contribution in [0.5, 0.6) is 0 Å². The number of pyridine rings is 1. The van der Waals surface area contributed by atoms with Gasteiger partial charge in [-0.3, -0.25) is 0 Å². The molecule has 0 saturated carbocycles. The fraction of sp³-hybridized carbons (Fsp3) is 0.300. The van der Waals surface area contributed by atoms with Crippen LogP contribution in [0.15, 0.2) is 6.07 Å². The first-order valence-electron chi connectivity index (χ1n) is 4.67. The molecule has 0 unspecified atom stereocenters. The monoisotopic (exact) mass is 241 g/mol. The fourth-order valence-electron chi connectivity index (χ4n) is 1.17. The number of ether oxygens (including phenoxy) is 1.